The van der Waals surface area contributed by atoms with Crippen LogP contribution in [0, 0.1) is 0 Å². The van der Waals surface area contributed by atoms with Gasteiger partial charge in [-0.05, 0) is 13.8 Å². The molecule has 7 nitrogen and oxygen atoms in total. The Balaban J connectivity index is 2.67. The molecule has 1 aromatic heterocycles. The molecule has 1 atom stereocenters. The summed E-state index contributed by atoms with van der Waals surface area (Å²) in [5, 5.41) is 4.68. The van der Waals surface area contributed by atoms with Crippen molar-refractivity contribution in [3.8, 4) is 5.88 Å². The van der Waals surface area contributed by atoms with Crippen molar-refractivity contribution in [3.05, 3.63) is 11.3 Å². The van der Waals surface area contributed by atoms with Crippen LogP contribution in [0.5, 0.6) is 5.88 Å². The van der Waals surface area contributed by atoms with E-state index in [2.05, 4.69) is 15.0 Å². The van der Waals surface area contributed by atoms with Crippen LogP contribution < -0.4 is 4.74 Å². The van der Waals surface area contributed by atoms with Crippen molar-refractivity contribution in [1.82, 2.24) is 9.78 Å². The summed E-state index contributed by atoms with van der Waals surface area (Å²) in [5.74, 6) is -1.00. The van der Waals surface area contributed by atoms with Gasteiger partial charge in [0.15, 0.2) is 16.4 Å². The lowest BCUT2D eigenvalue weighted by atomic mass is 9.97. The van der Waals surface area contributed by atoms with Gasteiger partial charge in [-0.15, -0.1) is 0 Å². The highest BCUT2D eigenvalue weighted by Crippen LogP contribution is 2.42. The van der Waals surface area contributed by atoms with E-state index < -0.39 is 51.5 Å². The summed E-state index contributed by atoms with van der Waals surface area (Å²) in [6.45, 7) is -0.384. The Morgan fingerprint density at radius 3 is 2.32 bits per heavy atom. The van der Waals surface area contributed by atoms with Crippen molar-refractivity contribution in [2.45, 2.75) is 43.9 Å². The summed E-state index contributed by atoms with van der Waals surface area (Å²) in [5.41, 5.74) is -3.86. The maximum atomic E-state index is 13.3. The molecule has 0 radical (unpaired) electrons. The monoisotopic (exact) mass is 391 g/mol. The molecule has 25 heavy (non-hydrogen) atoms. The van der Waals surface area contributed by atoms with E-state index in [-0.39, 0.29) is 12.1 Å². The molecule has 0 fully saturated rings. The first kappa shape index (κ1) is 19.4. The number of aryl methyl sites for hydroxylation is 1. The third-order valence-electron chi connectivity index (χ3n) is 3.32. The van der Waals surface area contributed by atoms with Crippen molar-refractivity contribution in [3.63, 3.8) is 0 Å². The maximum absolute atomic E-state index is 13.3. The Kier molecular flexibility index (Phi) is 4.99. The van der Waals surface area contributed by atoms with Crippen LogP contribution in [0.3, 0.4) is 0 Å². The molecule has 2 heterocycles. The number of alkyl halides is 5. The highest BCUT2D eigenvalue weighted by atomic mass is 32.2. The summed E-state index contributed by atoms with van der Waals surface area (Å²) in [4.78, 5) is 4.98. The molecule has 0 amide bonds. The van der Waals surface area contributed by atoms with Gasteiger partial charge in [0.25, 0.3) is 0 Å². The average molecular weight is 391 g/mol. The molecule has 0 aliphatic carbocycles. The van der Waals surface area contributed by atoms with E-state index in [9.17, 15) is 30.4 Å². The molecule has 0 N–H and O–H groups in total. The Hall–Kier alpha value is -1.92. The summed E-state index contributed by atoms with van der Waals surface area (Å²) in [7, 11) is -2.64. The van der Waals surface area contributed by atoms with E-state index >= 15 is 0 Å². The zero-order valence-corrected chi connectivity index (χ0v) is 14.1. The molecule has 0 aromatic carbocycles. The lowest BCUT2D eigenvalue weighted by Crippen LogP contribution is -2.24. The van der Waals surface area contributed by atoms with E-state index in [1.165, 1.54) is 0 Å². The molecule has 1 unspecified atom stereocenters. The van der Waals surface area contributed by atoms with Gasteiger partial charge in [0, 0.05) is 13.5 Å². The molecule has 1 aromatic rings. The molecule has 1 aliphatic heterocycles. The van der Waals surface area contributed by atoms with Gasteiger partial charge in [0.05, 0.1) is 11.3 Å². The molecule has 1 aliphatic rings. The summed E-state index contributed by atoms with van der Waals surface area (Å²) >= 11 is 0. The maximum Gasteiger partial charge on any atom is 0.435 e. The van der Waals surface area contributed by atoms with Gasteiger partial charge in [-0.3, -0.25) is 0 Å². The third kappa shape index (κ3) is 4.02. The van der Waals surface area contributed by atoms with Crippen molar-refractivity contribution in [2.75, 3.05) is 0 Å². The Bertz CT molecular complexity index is 762. The van der Waals surface area contributed by atoms with Gasteiger partial charge in [-0.2, -0.15) is 27.1 Å². The summed E-state index contributed by atoms with van der Waals surface area (Å²) < 4.78 is 92.8. The highest BCUT2D eigenvalue weighted by Gasteiger charge is 2.46. The van der Waals surface area contributed by atoms with E-state index in [0.29, 0.717) is 4.68 Å². The predicted octanol–water partition coefficient (Wildman–Crippen LogP) is 2.25. The quantitative estimate of drug-likeness (QED) is 0.615. The van der Waals surface area contributed by atoms with Crippen molar-refractivity contribution >= 4 is 16.4 Å². The molecular formula is C12H14F5N3O4S. The lowest BCUT2D eigenvalue weighted by Gasteiger charge is -2.16. The average Bonchev–Trinajstić information content (AvgIpc) is 2.92. The normalized spacial score (nSPS) is 18.4. The van der Waals surface area contributed by atoms with Gasteiger partial charge < -0.3 is 9.57 Å². The smallest absolute Gasteiger partial charge is 0.417 e. The van der Waals surface area contributed by atoms with Crippen LogP contribution in [-0.4, -0.2) is 36.1 Å². The van der Waals surface area contributed by atoms with Crippen molar-refractivity contribution in [2.24, 2.45) is 12.2 Å². The Labute approximate surface area is 140 Å². The van der Waals surface area contributed by atoms with Crippen LogP contribution in [-0.2, 0) is 28.8 Å². The minimum Gasteiger partial charge on any atom is -0.417 e. The lowest BCUT2D eigenvalue weighted by molar-refractivity contribution is -0.142. The molecule has 0 spiro atoms. The number of hydrogen-bond donors (Lipinski definition) is 1. The molecule has 0 saturated heterocycles. The standard InChI is InChI=1S/C12H14F5N3O4S/c1-11(2)4-5(19-24-11)7(25(21)22)6-8(12(15,16)17)18-20(3)9(6)23-10(13)14/h7,10,25H,4H2,1-3H3. The van der Waals surface area contributed by atoms with E-state index in [1.807, 2.05) is 0 Å². The van der Waals surface area contributed by atoms with Crippen LogP contribution in [0.25, 0.3) is 0 Å². The molecule has 13 heteroatoms. The second-order valence-electron chi connectivity index (χ2n) is 5.87. The zero-order chi connectivity index (χ0) is 19.2. The van der Waals surface area contributed by atoms with Crippen LogP contribution in [0.15, 0.2) is 5.16 Å². The van der Waals surface area contributed by atoms with Gasteiger partial charge in [0.1, 0.15) is 10.9 Å². The highest BCUT2D eigenvalue weighted by molar-refractivity contribution is 7.73. The Morgan fingerprint density at radius 1 is 1.32 bits per heavy atom. The van der Waals surface area contributed by atoms with Crippen LogP contribution in [0.4, 0.5) is 22.0 Å². The van der Waals surface area contributed by atoms with Gasteiger partial charge in [-0.25, -0.2) is 13.1 Å². The number of ether oxygens (including phenoxy) is 1. The molecule has 2 rings (SSSR count). The number of oxime groups is 1. The molecule has 0 bridgehead atoms. The SMILES string of the molecule is Cn1nc(C(F)(F)F)c(C(C2=NOC(C)(C)C2)[SH](=O)=O)c1OC(F)F. The van der Waals surface area contributed by atoms with Crippen molar-refractivity contribution < 1.29 is 39.9 Å². The topological polar surface area (TPSA) is 82.8 Å². The second-order valence-corrected chi connectivity index (χ2v) is 6.95. The minimum absolute atomic E-state index is 0.110. The first-order valence-corrected chi connectivity index (χ1v) is 8.05. The molecule has 142 valence electrons. The number of rotatable bonds is 5. The van der Waals surface area contributed by atoms with Gasteiger partial charge in [0.2, 0.25) is 5.88 Å². The van der Waals surface area contributed by atoms with Gasteiger partial charge in [-0.1, -0.05) is 5.16 Å². The van der Waals surface area contributed by atoms with E-state index in [0.717, 1.165) is 7.05 Å². The zero-order valence-electron chi connectivity index (χ0n) is 13.2. The van der Waals surface area contributed by atoms with E-state index in [1.54, 1.807) is 13.8 Å². The fourth-order valence-electron chi connectivity index (χ4n) is 2.43. The fourth-order valence-corrected chi connectivity index (χ4v) is 3.25. The molecular weight excluding hydrogens is 377 g/mol. The van der Waals surface area contributed by atoms with Gasteiger partial charge >= 0.3 is 12.8 Å². The minimum atomic E-state index is -5.09. The van der Waals surface area contributed by atoms with Crippen molar-refractivity contribution in [1.29, 1.82) is 0 Å². The number of halogens is 5. The number of hydrogen-bond acceptors (Lipinski definition) is 6. The van der Waals surface area contributed by atoms with Crippen LogP contribution in [0.2, 0.25) is 0 Å². The first-order chi connectivity index (χ1) is 11.3. The third-order valence-corrected chi connectivity index (χ3v) is 4.29. The van der Waals surface area contributed by atoms with Crippen LogP contribution >= 0.6 is 0 Å². The first-order valence-electron chi connectivity index (χ1n) is 6.81. The number of nitrogens with zero attached hydrogens (tertiary/aromatic N) is 3. The summed E-state index contributed by atoms with van der Waals surface area (Å²) in [6.07, 6.45) is -5.20. The number of thiol groups is 1. The number of aromatic nitrogens is 2. The summed E-state index contributed by atoms with van der Waals surface area (Å²) in [6, 6.07) is 0. The predicted molar refractivity (Wildman–Crippen MR) is 75.1 cm³/mol. The second kappa shape index (κ2) is 6.42. The molecule has 0 saturated carbocycles. The van der Waals surface area contributed by atoms with Crippen LogP contribution in [0.1, 0.15) is 36.8 Å². The van der Waals surface area contributed by atoms with E-state index in [4.69, 9.17) is 4.84 Å². The fraction of sp³-hybridized carbons (Fsp3) is 0.667. The Morgan fingerprint density at radius 2 is 1.92 bits per heavy atom. The largest absolute Gasteiger partial charge is 0.435 e.